The highest BCUT2D eigenvalue weighted by Gasteiger charge is 2.17. The average molecular weight is 386 g/mol. The maximum absolute atomic E-state index is 12.8. The molecular weight excluding hydrogens is 368 g/mol. The number of aromatic amines is 1. The van der Waals surface area contributed by atoms with E-state index in [2.05, 4.69) is 20.6 Å². The van der Waals surface area contributed by atoms with E-state index in [4.69, 9.17) is 9.47 Å². The number of carbonyl (C=O) groups excluding carboxylic acids is 1. The number of para-hydroxylation sites is 1. The number of anilines is 2. The molecule has 2 amide bonds. The zero-order valence-corrected chi connectivity index (χ0v) is 15.4. The molecule has 3 heterocycles. The molecular formula is C22H18N4O3. The number of hydrogen-bond acceptors (Lipinski definition) is 4. The molecule has 0 saturated heterocycles. The minimum atomic E-state index is -0.350. The van der Waals surface area contributed by atoms with E-state index in [1.54, 1.807) is 30.6 Å². The van der Waals surface area contributed by atoms with Crippen molar-refractivity contribution in [1.82, 2.24) is 9.97 Å². The topological polar surface area (TPSA) is 88.3 Å². The van der Waals surface area contributed by atoms with E-state index < -0.39 is 0 Å². The van der Waals surface area contributed by atoms with Gasteiger partial charge in [0, 0.05) is 40.6 Å². The lowest BCUT2D eigenvalue weighted by Gasteiger charge is -2.19. The Bertz CT molecular complexity index is 1190. The van der Waals surface area contributed by atoms with Crippen molar-refractivity contribution in [2.45, 2.75) is 0 Å². The number of amides is 2. The lowest BCUT2D eigenvalue weighted by molar-refractivity contribution is 0.171. The smallest absolute Gasteiger partial charge is 0.323 e. The number of rotatable bonds is 3. The van der Waals surface area contributed by atoms with Gasteiger partial charge in [0.15, 0.2) is 11.5 Å². The Kier molecular flexibility index (Phi) is 4.25. The zero-order valence-electron chi connectivity index (χ0n) is 15.4. The van der Waals surface area contributed by atoms with E-state index in [1.165, 1.54) is 0 Å². The van der Waals surface area contributed by atoms with Crippen molar-refractivity contribution in [3.8, 4) is 22.8 Å². The van der Waals surface area contributed by atoms with Crippen LogP contribution in [0.4, 0.5) is 16.2 Å². The lowest BCUT2D eigenvalue weighted by atomic mass is 10.1. The molecule has 0 aliphatic carbocycles. The van der Waals surface area contributed by atoms with Crippen LogP contribution in [0.15, 0.2) is 67.0 Å². The van der Waals surface area contributed by atoms with Crippen molar-refractivity contribution in [3.05, 3.63) is 67.0 Å². The van der Waals surface area contributed by atoms with Gasteiger partial charge in [0.25, 0.3) is 0 Å². The molecule has 144 valence electrons. The van der Waals surface area contributed by atoms with Crippen LogP contribution in [0.2, 0.25) is 0 Å². The summed E-state index contributed by atoms with van der Waals surface area (Å²) in [4.78, 5) is 20.3. The summed E-state index contributed by atoms with van der Waals surface area (Å²) in [5, 5.41) is 6.76. The highest BCUT2D eigenvalue weighted by atomic mass is 16.6. The van der Waals surface area contributed by atoms with Gasteiger partial charge < -0.3 is 25.1 Å². The molecule has 3 N–H and O–H groups in total. The number of fused-ring (bicyclic) bond motifs is 2. The van der Waals surface area contributed by atoms with Crippen LogP contribution in [0.5, 0.6) is 11.5 Å². The number of pyridine rings is 1. The van der Waals surface area contributed by atoms with Gasteiger partial charge in [-0.05, 0) is 30.3 Å². The molecule has 7 heteroatoms. The van der Waals surface area contributed by atoms with Gasteiger partial charge in [0.2, 0.25) is 0 Å². The average Bonchev–Trinajstić information content (AvgIpc) is 3.12. The minimum absolute atomic E-state index is 0.350. The van der Waals surface area contributed by atoms with Crippen LogP contribution in [0.1, 0.15) is 0 Å². The van der Waals surface area contributed by atoms with Crippen LogP contribution >= 0.6 is 0 Å². The van der Waals surface area contributed by atoms with Crippen molar-refractivity contribution < 1.29 is 14.3 Å². The minimum Gasteiger partial charge on any atom is -0.486 e. The van der Waals surface area contributed by atoms with E-state index in [9.17, 15) is 4.79 Å². The molecule has 0 radical (unpaired) electrons. The molecule has 4 aromatic rings. The summed E-state index contributed by atoms with van der Waals surface area (Å²) in [5.41, 5.74) is 3.94. The second-order valence-electron chi connectivity index (χ2n) is 6.60. The molecule has 2 aromatic heterocycles. The number of hydrogen-bond donors (Lipinski definition) is 3. The number of nitrogens with one attached hydrogen (secondary N) is 3. The Morgan fingerprint density at radius 3 is 2.69 bits per heavy atom. The molecule has 7 nitrogen and oxygen atoms in total. The third-order valence-corrected chi connectivity index (χ3v) is 4.69. The van der Waals surface area contributed by atoms with E-state index in [0.717, 1.165) is 22.2 Å². The van der Waals surface area contributed by atoms with Gasteiger partial charge in [-0.25, -0.2) is 4.79 Å². The van der Waals surface area contributed by atoms with Crippen LogP contribution in [0.25, 0.3) is 22.2 Å². The van der Waals surface area contributed by atoms with Gasteiger partial charge in [-0.2, -0.15) is 0 Å². The predicted molar refractivity (Wildman–Crippen MR) is 112 cm³/mol. The van der Waals surface area contributed by atoms with Gasteiger partial charge >= 0.3 is 6.03 Å². The highest BCUT2D eigenvalue weighted by molar-refractivity contribution is 6.10. The lowest BCUT2D eigenvalue weighted by Crippen LogP contribution is -2.20. The number of carbonyl (C=O) groups is 1. The Labute approximate surface area is 166 Å². The third kappa shape index (κ3) is 3.34. The van der Waals surface area contributed by atoms with Crippen molar-refractivity contribution in [2.75, 3.05) is 23.8 Å². The van der Waals surface area contributed by atoms with E-state index >= 15 is 0 Å². The Morgan fingerprint density at radius 1 is 0.966 bits per heavy atom. The van der Waals surface area contributed by atoms with Gasteiger partial charge in [0.05, 0.1) is 11.4 Å². The van der Waals surface area contributed by atoms with Gasteiger partial charge in [-0.15, -0.1) is 0 Å². The largest absolute Gasteiger partial charge is 0.486 e. The fraction of sp³-hybridized carbons (Fsp3) is 0.0909. The Balaban J connectivity index is 1.44. The number of H-pyrrole nitrogens is 1. The third-order valence-electron chi connectivity index (χ3n) is 4.69. The molecule has 5 rings (SSSR count). The summed E-state index contributed by atoms with van der Waals surface area (Å²) in [5.74, 6) is 1.30. The first-order chi connectivity index (χ1) is 14.3. The molecule has 0 fully saturated rings. The summed E-state index contributed by atoms with van der Waals surface area (Å²) < 4.78 is 11.1. The standard InChI is InChI=1S/C22H18N4O3/c27-22(24-15-7-8-18-19(12-15)29-11-10-28-18)26-21-16-5-1-2-6-17(16)25-20(21)14-4-3-9-23-13-14/h1-9,12-13,25H,10-11H2,(H2,24,26,27). The normalized spacial score (nSPS) is 12.6. The molecule has 29 heavy (non-hydrogen) atoms. The Hall–Kier alpha value is -4.00. The fourth-order valence-electron chi connectivity index (χ4n) is 3.40. The van der Waals surface area contributed by atoms with Crippen LogP contribution in [-0.2, 0) is 0 Å². The maximum Gasteiger partial charge on any atom is 0.323 e. The number of benzene rings is 2. The molecule has 0 bridgehead atoms. The summed E-state index contributed by atoms with van der Waals surface area (Å²) in [6.07, 6.45) is 3.47. The first kappa shape index (κ1) is 17.1. The molecule has 0 unspecified atom stereocenters. The Morgan fingerprint density at radius 2 is 1.83 bits per heavy atom. The van der Waals surface area contributed by atoms with Crippen LogP contribution < -0.4 is 20.1 Å². The van der Waals surface area contributed by atoms with Crippen molar-refractivity contribution in [2.24, 2.45) is 0 Å². The molecule has 2 aromatic carbocycles. The molecule has 0 saturated carbocycles. The number of urea groups is 1. The quantitative estimate of drug-likeness (QED) is 0.478. The summed E-state index contributed by atoms with van der Waals surface area (Å²) in [6.45, 7) is 1.02. The number of aromatic nitrogens is 2. The summed E-state index contributed by atoms with van der Waals surface area (Å²) in [6, 6.07) is 16.6. The van der Waals surface area contributed by atoms with Crippen LogP contribution in [-0.4, -0.2) is 29.2 Å². The SMILES string of the molecule is O=C(Nc1ccc2c(c1)OCCO2)Nc1c(-c2cccnc2)[nH]c2ccccc12. The van der Waals surface area contributed by atoms with Crippen molar-refractivity contribution in [1.29, 1.82) is 0 Å². The second kappa shape index (κ2) is 7.20. The number of nitrogens with zero attached hydrogens (tertiary/aromatic N) is 1. The summed E-state index contributed by atoms with van der Waals surface area (Å²) >= 11 is 0. The molecule has 0 atom stereocenters. The predicted octanol–water partition coefficient (Wildman–Crippen LogP) is 4.65. The zero-order chi connectivity index (χ0) is 19.6. The highest BCUT2D eigenvalue weighted by Crippen LogP contribution is 2.35. The molecule has 0 spiro atoms. The fourth-order valence-corrected chi connectivity index (χ4v) is 3.40. The van der Waals surface area contributed by atoms with E-state index in [0.29, 0.717) is 36.1 Å². The molecule has 1 aliphatic rings. The van der Waals surface area contributed by atoms with Crippen molar-refractivity contribution in [3.63, 3.8) is 0 Å². The van der Waals surface area contributed by atoms with Crippen LogP contribution in [0.3, 0.4) is 0 Å². The summed E-state index contributed by atoms with van der Waals surface area (Å²) in [7, 11) is 0. The number of ether oxygens (including phenoxy) is 2. The van der Waals surface area contributed by atoms with Crippen molar-refractivity contribution >= 4 is 28.3 Å². The first-order valence-corrected chi connectivity index (χ1v) is 9.27. The monoisotopic (exact) mass is 386 g/mol. The maximum atomic E-state index is 12.8. The van der Waals surface area contributed by atoms with E-state index in [1.807, 2.05) is 36.4 Å². The first-order valence-electron chi connectivity index (χ1n) is 9.27. The van der Waals surface area contributed by atoms with Gasteiger partial charge in [-0.3, -0.25) is 4.98 Å². The van der Waals surface area contributed by atoms with Gasteiger partial charge in [-0.1, -0.05) is 18.2 Å². The van der Waals surface area contributed by atoms with Crippen LogP contribution in [0, 0.1) is 0 Å². The van der Waals surface area contributed by atoms with E-state index in [-0.39, 0.29) is 6.03 Å². The van der Waals surface area contributed by atoms with Gasteiger partial charge in [0.1, 0.15) is 13.2 Å². The second-order valence-corrected chi connectivity index (χ2v) is 6.60. The molecule has 1 aliphatic heterocycles.